The molecule has 25 aromatic rings. The Bertz CT molecular complexity index is 8500. The van der Waals surface area contributed by atoms with Crippen molar-refractivity contribution in [2.24, 2.45) is 0 Å². The third kappa shape index (κ3) is 12.0. The summed E-state index contributed by atoms with van der Waals surface area (Å²) in [6.45, 7) is 0. The highest BCUT2D eigenvalue weighted by Crippen LogP contribution is 2.45. The van der Waals surface area contributed by atoms with Gasteiger partial charge in [-0.25, -0.2) is 29.9 Å². The van der Waals surface area contributed by atoms with Gasteiger partial charge < -0.3 is 23.3 Å². The van der Waals surface area contributed by atoms with E-state index in [0.29, 0.717) is 34.9 Å². The first kappa shape index (κ1) is 70.8. The molecule has 125 heavy (non-hydrogen) atoms. The van der Waals surface area contributed by atoms with E-state index in [1.807, 2.05) is 84.9 Å². The fraction of sp³-hybridized carbons (Fsp3) is 0. The predicted octanol–water partition coefficient (Wildman–Crippen LogP) is 27.5. The minimum absolute atomic E-state index is 0.584. The molecule has 16 aromatic carbocycles. The molecule has 0 spiro atoms. The summed E-state index contributed by atoms with van der Waals surface area (Å²) >= 11 is 0. The Kier molecular flexibility index (Phi) is 16.3. The highest BCUT2D eigenvalue weighted by molar-refractivity contribution is 6.17. The quantitative estimate of drug-likeness (QED) is 0.114. The molecule has 0 aliphatic heterocycles. The molecule has 9 heterocycles. The molecular weight excluding hydrogens is 1530 g/mol. The molecule has 13 heteroatoms. The molecule has 25 rings (SSSR count). The first-order valence-corrected chi connectivity index (χ1v) is 42.0. The summed E-state index contributed by atoms with van der Waals surface area (Å²) in [5.41, 5.74) is 29.9. The lowest BCUT2D eigenvalue weighted by molar-refractivity contribution is 1.07. The first-order valence-electron chi connectivity index (χ1n) is 42.0. The number of pyridine rings is 2. The lowest BCUT2D eigenvalue weighted by Crippen LogP contribution is -2.00. The van der Waals surface area contributed by atoms with E-state index in [1.54, 1.807) is 24.8 Å². The maximum atomic E-state index is 5.09. The van der Waals surface area contributed by atoms with Crippen LogP contribution < -0.4 is 0 Å². The standard InChI is InChI=1S/C112H69N13/c1-5-17-69(18-6-1)107-116-109(120-111(118-107)73-53-57-113-58-54-73)71-29-41-85(42-30-71)123-100-28-16-14-26-88(100)93-63-77(36-49-102(93)123)75-34-46-97-90(61-75)91-62-76(35-47-98(91)115-97)82-33-45-89-94-65-79(38-50-103(94)125(106(89)68-82)84-23-11-4-12-24-84)81-40-52-105-96(67-81)95-66-80(78-37-48-101-92(64-78)87-25-13-15-27-99(87)122(101)83-21-9-3-10-22-83)39-51-104(95)124(105)86-43-31-72(32-44-86)110-117-108(70-19-7-2-8-20-70)119-112(121-110)74-55-59-114-60-56-74/h1-68,115H. The lowest BCUT2D eigenvalue weighted by atomic mass is 9.98. The third-order valence-electron chi connectivity index (χ3n) is 24.8. The van der Waals surface area contributed by atoms with Gasteiger partial charge in [0, 0.05) is 146 Å². The predicted molar refractivity (Wildman–Crippen MR) is 510 cm³/mol. The summed E-state index contributed by atoms with van der Waals surface area (Å²) in [4.78, 5) is 42.4. The van der Waals surface area contributed by atoms with Gasteiger partial charge in [0.2, 0.25) is 0 Å². The maximum absolute atomic E-state index is 5.09. The van der Waals surface area contributed by atoms with Crippen LogP contribution in [0.5, 0.6) is 0 Å². The summed E-state index contributed by atoms with van der Waals surface area (Å²) in [6, 6.07) is 140. The minimum atomic E-state index is 0.584. The minimum Gasteiger partial charge on any atom is -0.355 e. The van der Waals surface area contributed by atoms with Crippen LogP contribution in [0.15, 0.2) is 413 Å². The van der Waals surface area contributed by atoms with Crippen molar-refractivity contribution < 1.29 is 0 Å². The second-order valence-corrected chi connectivity index (χ2v) is 32.0. The molecule has 0 aliphatic carbocycles. The molecule has 0 aliphatic rings. The summed E-state index contributed by atoms with van der Waals surface area (Å²) < 4.78 is 9.57. The SMILES string of the molecule is c1ccc(-c2nc(-c3ccncc3)nc(-c3ccc(-n4c5ccccc5c5cc(-c6ccc7[nH]c8ccc(-c9ccc%10c%11cc(-c%12ccc%13c(c%12)c%12cc(-c%14ccc%15c(c%14)c%14ccccc%14n%15-c%14ccccc%14)ccc%12n%13-c%12ccc(-c%13nc(-c%14ccccc%14)nc(-c%14ccncc%14)n%13)cc%12)ccc%11n(-c%11ccccc%11)c%10c9)cc8c7c6)ccc54)cc3)n2)cc1. The van der Waals surface area contributed by atoms with Crippen LogP contribution >= 0.6 is 0 Å². The number of para-hydroxylation sites is 4. The molecule has 0 unspecified atom stereocenters. The zero-order chi connectivity index (χ0) is 82.2. The van der Waals surface area contributed by atoms with Crippen molar-refractivity contribution in [3.8, 4) is 136 Å². The average Bonchev–Trinajstić information content (AvgIpc) is 1.58. The molecule has 0 bridgehead atoms. The van der Waals surface area contributed by atoms with Gasteiger partial charge in [0.25, 0.3) is 0 Å². The normalized spacial score (nSPS) is 11.8. The largest absolute Gasteiger partial charge is 0.355 e. The van der Waals surface area contributed by atoms with Crippen molar-refractivity contribution in [3.63, 3.8) is 0 Å². The first-order chi connectivity index (χ1) is 61.9. The van der Waals surface area contributed by atoms with E-state index in [0.717, 1.165) is 156 Å². The van der Waals surface area contributed by atoms with Crippen LogP contribution in [-0.2, 0) is 0 Å². The molecule has 9 aromatic heterocycles. The molecule has 0 fully saturated rings. The zero-order valence-corrected chi connectivity index (χ0v) is 67.1. The number of H-pyrrole nitrogens is 1. The number of fused-ring (bicyclic) bond motifs is 15. The van der Waals surface area contributed by atoms with E-state index in [2.05, 4.69) is 337 Å². The van der Waals surface area contributed by atoms with Gasteiger partial charge in [-0.05, 0) is 245 Å². The number of hydrogen-bond donors (Lipinski definition) is 1. The fourth-order valence-corrected chi connectivity index (χ4v) is 18.8. The molecular formula is C112H69N13. The molecule has 582 valence electrons. The van der Waals surface area contributed by atoms with Gasteiger partial charge in [0.1, 0.15) is 0 Å². The van der Waals surface area contributed by atoms with Gasteiger partial charge in [0.05, 0.1) is 44.1 Å². The Labute approximate surface area is 716 Å². The van der Waals surface area contributed by atoms with E-state index in [9.17, 15) is 0 Å². The highest BCUT2D eigenvalue weighted by Gasteiger charge is 2.24. The van der Waals surface area contributed by atoms with Crippen molar-refractivity contribution in [2.45, 2.75) is 0 Å². The number of hydrogen-bond acceptors (Lipinski definition) is 8. The number of rotatable bonds is 14. The molecule has 0 radical (unpaired) electrons. The Morgan fingerprint density at radius 2 is 0.384 bits per heavy atom. The topological polar surface area (TPSA) is 139 Å². The number of nitrogens with zero attached hydrogens (tertiary/aromatic N) is 12. The fourth-order valence-electron chi connectivity index (χ4n) is 18.8. The maximum Gasteiger partial charge on any atom is 0.164 e. The average molecular weight is 1600 g/mol. The van der Waals surface area contributed by atoms with Crippen molar-refractivity contribution in [1.82, 2.24) is 63.1 Å². The van der Waals surface area contributed by atoms with E-state index >= 15 is 0 Å². The molecule has 0 saturated carbocycles. The molecule has 0 saturated heterocycles. The summed E-state index contributed by atoms with van der Waals surface area (Å²) in [6.07, 6.45) is 7.07. The molecule has 1 N–H and O–H groups in total. The van der Waals surface area contributed by atoms with Crippen LogP contribution in [0.25, 0.3) is 245 Å². The van der Waals surface area contributed by atoms with Crippen molar-refractivity contribution in [2.75, 3.05) is 0 Å². The van der Waals surface area contributed by atoms with Crippen LogP contribution in [0.2, 0.25) is 0 Å². The third-order valence-corrected chi connectivity index (χ3v) is 24.8. The van der Waals surface area contributed by atoms with E-state index < -0.39 is 0 Å². The Morgan fingerprint density at radius 1 is 0.152 bits per heavy atom. The van der Waals surface area contributed by atoms with Gasteiger partial charge in [-0.2, -0.15) is 0 Å². The van der Waals surface area contributed by atoms with Gasteiger partial charge in [-0.15, -0.1) is 0 Å². The monoisotopic (exact) mass is 1600 g/mol. The van der Waals surface area contributed by atoms with Crippen molar-refractivity contribution in [1.29, 1.82) is 0 Å². The Balaban J connectivity index is 0.573. The number of aromatic nitrogens is 13. The van der Waals surface area contributed by atoms with Crippen LogP contribution in [0.4, 0.5) is 0 Å². The van der Waals surface area contributed by atoms with Gasteiger partial charge in [0.15, 0.2) is 34.9 Å². The van der Waals surface area contributed by atoms with Gasteiger partial charge in [-0.3, -0.25) is 9.97 Å². The Morgan fingerprint density at radius 3 is 0.736 bits per heavy atom. The second kappa shape index (κ2) is 28.8. The number of aromatic amines is 1. The molecule has 13 nitrogen and oxygen atoms in total. The Hall–Kier alpha value is -17.2. The van der Waals surface area contributed by atoms with E-state index in [1.165, 1.54) is 54.1 Å². The van der Waals surface area contributed by atoms with E-state index in [-0.39, 0.29) is 0 Å². The van der Waals surface area contributed by atoms with Gasteiger partial charge >= 0.3 is 0 Å². The number of benzene rings is 16. The lowest BCUT2D eigenvalue weighted by Gasteiger charge is -2.11. The smallest absolute Gasteiger partial charge is 0.164 e. The second-order valence-electron chi connectivity index (χ2n) is 32.0. The summed E-state index contributed by atoms with van der Waals surface area (Å²) in [5, 5.41) is 11.8. The van der Waals surface area contributed by atoms with Crippen LogP contribution in [0.3, 0.4) is 0 Å². The van der Waals surface area contributed by atoms with Crippen LogP contribution in [-0.4, -0.2) is 63.1 Å². The highest BCUT2D eigenvalue weighted by atomic mass is 15.1. The van der Waals surface area contributed by atoms with Crippen molar-refractivity contribution >= 4 is 109 Å². The number of nitrogens with one attached hydrogen (secondary N) is 1. The molecule has 0 amide bonds. The van der Waals surface area contributed by atoms with Crippen LogP contribution in [0.1, 0.15) is 0 Å². The molecule has 0 atom stereocenters. The van der Waals surface area contributed by atoms with Gasteiger partial charge in [-0.1, -0.05) is 188 Å². The van der Waals surface area contributed by atoms with Crippen molar-refractivity contribution in [3.05, 3.63) is 413 Å². The van der Waals surface area contributed by atoms with Crippen LogP contribution in [0, 0.1) is 0 Å². The summed E-state index contributed by atoms with van der Waals surface area (Å²) in [7, 11) is 0. The van der Waals surface area contributed by atoms with E-state index in [4.69, 9.17) is 29.9 Å². The summed E-state index contributed by atoms with van der Waals surface area (Å²) in [5.74, 6) is 3.58. The zero-order valence-electron chi connectivity index (χ0n) is 67.1.